The lowest BCUT2D eigenvalue weighted by molar-refractivity contribution is -0.384. The first-order valence-corrected chi connectivity index (χ1v) is 8.97. The number of nitro groups is 1. The van der Waals surface area contributed by atoms with Crippen molar-refractivity contribution in [1.82, 2.24) is 4.90 Å². The van der Waals surface area contributed by atoms with E-state index in [1.807, 2.05) is 20.8 Å². The summed E-state index contributed by atoms with van der Waals surface area (Å²) in [5.74, 6) is -0.134. The molecule has 0 spiro atoms. The molecule has 1 aromatic carbocycles. The Morgan fingerprint density at radius 1 is 1.27 bits per heavy atom. The smallest absolute Gasteiger partial charge is 0.271 e. The number of ether oxygens (including phenoxy) is 1. The van der Waals surface area contributed by atoms with Gasteiger partial charge in [-0.2, -0.15) is 0 Å². The van der Waals surface area contributed by atoms with Crippen LogP contribution in [0.5, 0.6) is 5.75 Å². The molecule has 1 atom stereocenters. The molecule has 1 heterocycles. The minimum absolute atomic E-state index is 0.146. The second-order valence-corrected chi connectivity index (χ2v) is 6.23. The molecular formula is C18H25N3O5. The van der Waals surface area contributed by atoms with E-state index in [0.717, 1.165) is 12.8 Å². The Morgan fingerprint density at radius 3 is 2.46 bits per heavy atom. The van der Waals surface area contributed by atoms with Crippen LogP contribution < -0.4 is 9.64 Å². The number of carbonyl (C=O) groups is 2. The van der Waals surface area contributed by atoms with Crippen LogP contribution in [0.3, 0.4) is 0 Å². The SMILES string of the molecule is CCCN(CCC)C(=O)CN1C(=O)C(CC)Oc2ccc([N+](=O)[O-])cc21. The van der Waals surface area contributed by atoms with E-state index in [1.54, 1.807) is 4.90 Å². The van der Waals surface area contributed by atoms with E-state index in [9.17, 15) is 19.7 Å². The first-order chi connectivity index (χ1) is 12.4. The van der Waals surface area contributed by atoms with Crippen LogP contribution in [-0.2, 0) is 9.59 Å². The van der Waals surface area contributed by atoms with E-state index < -0.39 is 11.0 Å². The molecule has 1 unspecified atom stereocenters. The third kappa shape index (κ3) is 4.12. The lowest BCUT2D eigenvalue weighted by Gasteiger charge is -2.34. The third-order valence-electron chi connectivity index (χ3n) is 4.26. The summed E-state index contributed by atoms with van der Waals surface area (Å²) in [7, 11) is 0. The normalized spacial score (nSPS) is 16.0. The van der Waals surface area contributed by atoms with Crippen LogP contribution in [0, 0.1) is 10.1 Å². The molecule has 0 radical (unpaired) electrons. The van der Waals surface area contributed by atoms with Crippen LogP contribution in [0.1, 0.15) is 40.0 Å². The fourth-order valence-corrected chi connectivity index (χ4v) is 2.98. The van der Waals surface area contributed by atoms with E-state index in [0.29, 0.717) is 25.3 Å². The van der Waals surface area contributed by atoms with E-state index in [-0.39, 0.29) is 29.7 Å². The number of hydrogen-bond donors (Lipinski definition) is 0. The van der Waals surface area contributed by atoms with Crippen LogP contribution >= 0.6 is 0 Å². The van der Waals surface area contributed by atoms with Crippen molar-refractivity contribution in [2.24, 2.45) is 0 Å². The molecule has 0 bridgehead atoms. The van der Waals surface area contributed by atoms with Gasteiger partial charge in [0.05, 0.1) is 10.6 Å². The number of fused-ring (bicyclic) bond motifs is 1. The van der Waals surface area contributed by atoms with Gasteiger partial charge in [-0.15, -0.1) is 0 Å². The van der Waals surface area contributed by atoms with Crippen molar-refractivity contribution >= 4 is 23.2 Å². The number of nitrogens with zero attached hydrogens (tertiary/aromatic N) is 3. The maximum Gasteiger partial charge on any atom is 0.271 e. The number of anilines is 1. The zero-order valence-corrected chi connectivity index (χ0v) is 15.4. The monoisotopic (exact) mass is 363 g/mol. The van der Waals surface area contributed by atoms with Crippen molar-refractivity contribution in [1.29, 1.82) is 0 Å². The number of carbonyl (C=O) groups excluding carboxylic acids is 2. The third-order valence-corrected chi connectivity index (χ3v) is 4.26. The fraction of sp³-hybridized carbons (Fsp3) is 0.556. The molecule has 8 heteroatoms. The van der Waals surface area contributed by atoms with Gasteiger partial charge in [0.25, 0.3) is 11.6 Å². The van der Waals surface area contributed by atoms with Crippen molar-refractivity contribution in [3.05, 3.63) is 28.3 Å². The van der Waals surface area contributed by atoms with Gasteiger partial charge in [0.15, 0.2) is 6.10 Å². The molecule has 142 valence electrons. The van der Waals surface area contributed by atoms with Gasteiger partial charge in [-0.1, -0.05) is 20.8 Å². The largest absolute Gasteiger partial charge is 0.478 e. The van der Waals surface area contributed by atoms with Crippen LogP contribution in [0.25, 0.3) is 0 Å². The highest BCUT2D eigenvalue weighted by molar-refractivity contribution is 6.04. The molecule has 0 saturated heterocycles. The zero-order valence-electron chi connectivity index (χ0n) is 15.4. The molecule has 26 heavy (non-hydrogen) atoms. The number of nitro benzene ring substituents is 1. The molecule has 0 fully saturated rings. The van der Waals surface area contributed by atoms with Crippen molar-refractivity contribution in [2.45, 2.75) is 46.1 Å². The Hall–Kier alpha value is -2.64. The van der Waals surface area contributed by atoms with Crippen molar-refractivity contribution < 1.29 is 19.2 Å². The number of non-ortho nitro benzene ring substituents is 1. The number of rotatable bonds is 8. The lowest BCUT2D eigenvalue weighted by Crippen LogP contribution is -2.50. The minimum Gasteiger partial charge on any atom is -0.478 e. The summed E-state index contributed by atoms with van der Waals surface area (Å²) < 4.78 is 5.66. The summed E-state index contributed by atoms with van der Waals surface area (Å²) in [5.41, 5.74) is 0.127. The summed E-state index contributed by atoms with van der Waals surface area (Å²) in [4.78, 5) is 39.0. The Bertz CT molecular complexity index is 685. The molecular weight excluding hydrogens is 338 g/mol. The maximum atomic E-state index is 12.7. The lowest BCUT2D eigenvalue weighted by atomic mass is 10.1. The molecule has 0 saturated carbocycles. The Kier molecular flexibility index (Phi) is 6.54. The average Bonchev–Trinajstić information content (AvgIpc) is 2.62. The van der Waals surface area contributed by atoms with Gasteiger partial charge in [0.1, 0.15) is 12.3 Å². The quantitative estimate of drug-likeness (QED) is 0.523. The van der Waals surface area contributed by atoms with Gasteiger partial charge in [-0.3, -0.25) is 24.6 Å². The second-order valence-electron chi connectivity index (χ2n) is 6.23. The standard InChI is InChI=1S/C18H25N3O5/c1-4-9-19(10-5-2)17(22)12-20-14-11-13(21(24)25)7-8-16(14)26-15(6-3)18(20)23/h7-8,11,15H,4-6,9-10,12H2,1-3H3. The number of amides is 2. The number of hydrogen-bond acceptors (Lipinski definition) is 5. The van der Waals surface area contributed by atoms with E-state index in [1.165, 1.54) is 23.1 Å². The van der Waals surface area contributed by atoms with E-state index >= 15 is 0 Å². The molecule has 0 aromatic heterocycles. The predicted molar refractivity (Wildman–Crippen MR) is 97.3 cm³/mol. The molecule has 2 amide bonds. The topological polar surface area (TPSA) is 93.0 Å². The first-order valence-electron chi connectivity index (χ1n) is 8.97. The maximum absolute atomic E-state index is 12.7. The second kappa shape index (κ2) is 8.64. The molecule has 8 nitrogen and oxygen atoms in total. The minimum atomic E-state index is -0.692. The van der Waals surface area contributed by atoms with Crippen molar-refractivity contribution in [3.63, 3.8) is 0 Å². The first kappa shape index (κ1) is 19.7. The van der Waals surface area contributed by atoms with Gasteiger partial charge in [0.2, 0.25) is 5.91 Å². The van der Waals surface area contributed by atoms with Crippen LogP contribution in [0.4, 0.5) is 11.4 Å². The van der Waals surface area contributed by atoms with Crippen LogP contribution in [0.15, 0.2) is 18.2 Å². The summed E-state index contributed by atoms with van der Waals surface area (Å²) in [6.45, 7) is 6.88. The zero-order chi connectivity index (χ0) is 19.3. The molecule has 1 aliphatic rings. The summed E-state index contributed by atoms with van der Waals surface area (Å²) in [6, 6.07) is 4.11. The molecule has 1 aromatic rings. The van der Waals surface area contributed by atoms with Crippen LogP contribution in [-0.4, -0.2) is 47.4 Å². The molecule has 2 rings (SSSR count). The summed E-state index contributed by atoms with van der Waals surface area (Å²) in [6.07, 6.45) is 1.40. The van der Waals surface area contributed by atoms with Gasteiger partial charge < -0.3 is 9.64 Å². The van der Waals surface area contributed by atoms with Crippen molar-refractivity contribution in [3.8, 4) is 5.75 Å². The highest BCUT2D eigenvalue weighted by Gasteiger charge is 2.36. The van der Waals surface area contributed by atoms with Gasteiger partial charge >= 0.3 is 0 Å². The van der Waals surface area contributed by atoms with Gasteiger partial charge in [-0.25, -0.2) is 0 Å². The molecule has 0 N–H and O–H groups in total. The van der Waals surface area contributed by atoms with Crippen LogP contribution in [0.2, 0.25) is 0 Å². The molecule has 0 aliphatic carbocycles. The van der Waals surface area contributed by atoms with E-state index in [2.05, 4.69) is 0 Å². The highest BCUT2D eigenvalue weighted by atomic mass is 16.6. The Balaban J connectivity index is 2.35. The predicted octanol–water partition coefficient (Wildman–Crippen LogP) is 2.75. The highest BCUT2D eigenvalue weighted by Crippen LogP contribution is 2.37. The fourth-order valence-electron chi connectivity index (χ4n) is 2.98. The summed E-state index contributed by atoms with van der Waals surface area (Å²) >= 11 is 0. The van der Waals surface area contributed by atoms with E-state index in [4.69, 9.17) is 4.74 Å². The van der Waals surface area contributed by atoms with Crippen molar-refractivity contribution in [2.75, 3.05) is 24.5 Å². The van der Waals surface area contributed by atoms with Gasteiger partial charge in [-0.05, 0) is 25.3 Å². The number of benzene rings is 1. The Morgan fingerprint density at radius 2 is 1.92 bits per heavy atom. The Labute approximate surface area is 152 Å². The average molecular weight is 363 g/mol. The molecule has 1 aliphatic heterocycles. The summed E-state index contributed by atoms with van der Waals surface area (Å²) in [5, 5.41) is 11.1. The van der Waals surface area contributed by atoms with Gasteiger partial charge in [0, 0.05) is 25.2 Å².